The fourth-order valence-electron chi connectivity index (χ4n) is 1.79. The van der Waals surface area contributed by atoms with E-state index in [1.165, 1.54) is 6.08 Å². The summed E-state index contributed by atoms with van der Waals surface area (Å²) in [7, 11) is 0. The van der Waals surface area contributed by atoms with Gasteiger partial charge in [-0.15, -0.1) is 6.58 Å². The van der Waals surface area contributed by atoms with E-state index >= 15 is 0 Å². The van der Waals surface area contributed by atoms with Crippen molar-refractivity contribution in [2.45, 2.75) is 36.6 Å². The molecule has 0 aromatic carbocycles. The number of carbonyl (C=O) groups excluding carboxylic acids is 1. The minimum atomic E-state index is -1.76. The van der Waals surface area contributed by atoms with Crippen LogP contribution in [0.3, 0.4) is 0 Å². The standard InChI is InChI=1S/C11H18O7/c1-2-3-17-11(6-13)4-7(14)9(16)10(18-11)8(15)5-12/h2,6-10,12,14-16H,1,3-5H2/t7-,8-,9-,10-,11-/m1/s1. The lowest BCUT2D eigenvalue weighted by Gasteiger charge is -2.43. The van der Waals surface area contributed by atoms with Crippen LogP contribution < -0.4 is 0 Å². The highest BCUT2D eigenvalue weighted by Crippen LogP contribution is 2.30. The van der Waals surface area contributed by atoms with Crippen LogP contribution in [0.15, 0.2) is 12.7 Å². The summed E-state index contributed by atoms with van der Waals surface area (Å²) in [5, 5.41) is 37.7. The van der Waals surface area contributed by atoms with E-state index in [1.54, 1.807) is 0 Å². The quantitative estimate of drug-likeness (QED) is 0.321. The van der Waals surface area contributed by atoms with Gasteiger partial charge < -0.3 is 29.9 Å². The van der Waals surface area contributed by atoms with Crippen LogP contribution in [0.25, 0.3) is 0 Å². The largest absolute Gasteiger partial charge is 0.394 e. The zero-order chi connectivity index (χ0) is 13.8. The van der Waals surface area contributed by atoms with Crippen LogP contribution in [0.4, 0.5) is 0 Å². The molecule has 1 aliphatic rings. The Labute approximate surface area is 104 Å². The normalized spacial score (nSPS) is 38.1. The molecule has 1 rings (SSSR count). The van der Waals surface area contributed by atoms with Crippen molar-refractivity contribution in [1.29, 1.82) is 0 Å². The molecule has 1 heterocycles. The minimum absolute atomic E-state index is 0.00347. The van der Waals surface area contributed by atoms with Gasteiger partial charge in [0.15, 0.2) is 6.29 Å². The van der Waals surface area contributed by atoms with Crippen molar-refractivity contribution in [3.05, 3.63) is 12.7 Å². The Morgan fingerprint density at radius 1 is 1.56 bits per heavy atom. The van der Waals surface area contributed by atoms with Gasteiger partial charge >= 0.3 is 0 Å². The summed E-state index contributed by atoms with van der Waals surface area (Å²) < 4.78 is 10.3. The smallest absolute Gasteiger partial charge is 0.229 e. The molecule has 7 heteroatoms. The number of carbonyl (C=O) groups is 1. The lowest BCUT2D eigenvalue weighted by molar-refractivity contribution is -0.308. The highest BCUT2D eigenvalue weighted by atomic mass is 16.7. The molecule has 18 heavy (non-hydrogen) atoms. The summed E-state index contributed by atoms with van der Waals surface area (Å²) >= 11 is 0. The molecule has 0 saturated carbocycles. The van der Waals surface area contributed by atoms with E-state index < -0.39 is 36.8 Å². The maximum absolute atomic E-state index is 11.1. The third-order valence-corrected chi connectivity index (χ3v) is 2.75. The second-order valence-corrected chi connectivity index (χ2v) is 4.12. The molecule has 4 N–H and O–H groups in total. The Bertz CT molecular complexity index is 295. The Hall–Kier alpha value is -0.830. The van der Waals surface area contributed by atoms with Crippen LogP contribution in [0.2, 0.25) is 0 Å². The van der Waals surface area contributed by atoms with E-state index in [4.69, 9.17) is 14.6 Å². The predicted octanol–water partition coefficient (Wildman–Crippen LogP) is -2.05. The topological polar surface area (TPSA) is 116 Å². The molecule has 0 aliphatic carbocycles. The molecule has 0 spiro atoms. The zero-order valence-corrected chi connectivity index (χ0v) is 9.81. The summed E-state index contributed by atoms with van der Waals surface area (Å²) in [4.78, 5) is 11.1. The van der Waals surface area contributed by atoms with Gasteiger partial charge in [-0.3, -0.25) is 4.79 Å². The van der Waals surface area contributed by atoms with Gasteiger partial charge in [-0.1, -0.05) is 6.08 Å². The highest BCUT2D eigenvalue weighted by molar-refractivity contribution is 5.60. The molecule has 1 aliphatic heterocycles. The van der Waals surface area contributed by atoms with E-state index in [9.17, 15) is 20.1 Å². The fourth-order valence-corrected chi connectivity index (χ4v) is 1.79. The molecule has 0 unspecified atom stereocenters. The van der Waals surface area contributed by atoms with Crippen molar-refractivity contribution in [2.75, 3.05) is 13.2 Å². The van der Waals surface area contributed by atoms with Crippen LogP contribution in [0.5, 0.6) is 0 Å². The molecule has 1 saturated heterocycles. The number of aldehydes is 1. The first-order chi connectivity index (χ1) is 8.49. The van der Waals surface area contributed by atoms with Crippen molar-refractivity contribution in [2.24, 2.45) is 0 Å². The lowest BCUT2D eigenvalue weighted by atomic mass is 9.93. The van der Waals surface area contributed by atoms with Gasteiger partial charge in [0.2, 0.25) is 5.79 Å². The number of hydrogen-bond donors (Lipinski definition) is 4. The molecule has 0 bridgehead atoms. The van der Waals surface area contributed by atoms with Crippen molar-refractivity contribution in [3.8, 4) is 0 Å². The Balaban J connectivity index is 2.87. The molecule has 0 radical (unpaired) electrons. The van der Waals surface area contributed by atoms with E-state index in [2.05, 4.69) is 6.58 Å². The molecule has 1 fully saturated rings. The summed E-state index contributed by atoms with van der Waals surface area (Å²) in [5.74, 6) is -1.76. The third kappa shape index (κ3) is 3.14. The number of aliphatic hydroxyl groups excluding tert-OH is 4. The molecule has 0 aromatic heterocycles. The average molecular weight is 262 g/mol. The monoisotopic (exact) mass is 262 g/mol. The molecule has 104 valence electrons. The number of hydrogen-bond acceptors (Lipinski definition) is 7. The van der Waals surface area contributed by atoms with Crippen molar-refractivity contribution >= 4 is 6.29 Å². The second-order valence-electron chi connectivity index (χ2n) is 4.12. The Kier molecular flexibility index (Phi) is 5.39. The molecule has 0 amide bonds. The van der Waals surface area contributed by atoms with Crippen molar-refractivity contribution < 1.29 is 34.7 Å². The van der Waals surface area contributed by atoms with Gasteiger partial charge in [-0.05, 0) is 0 Å². The van der Waals surface area contributed by atoms with Gasteiger partial charge in [0.25, 0.3) is 0 Å². The van der Waals surface area contributed by atoms with Crippen LogP contribution in [0.1, 0.15) is 6.42 Å². The first-order valence-electron chi connectivity index (χ1n) is 5.53. The van der Waals surface area contributed by atoms with Gasteiger partial charge in [0.05, 0.1) is 19.3 Å². The summed E-state index contributed by atoms with van der Waals surface area (Å²) in [6.07, 6.45) is -3.98. The summed E-state index contributed by atoms with van der Waals surface area (Å²) in [6, 6.07) is 0. The average Bonchev–Trinajstić information content (AvgIpc) is 2.39. The van der Waals surface area contributed by atoms with E-state index in [0.29, 0.717) is 6.29 Å². The predicted molar refractivity (Wildman–Crippen MR) is 59.5 cm³/mol. The van der Waals surface area contributed by atoms with E-state index in [1.807, 2.05) is 0 Å². The van der Waals surface area contributed by atoms with Crippen molar-refractivity contribution in [3.63, 3.8) is 0 Å². The Morgan fingerprint density at radius 2 is 2.22 bits per heavy atom. The van der Waals surface area contributed by atoms with Crippen LogP contribution in [-0.4, -0.2) is 70.1 Å². The maximum atomic E-state index is 11.1. The number of ether oxygens (including phenoxy) is 2. The minimum Gasteiger partial charge on any atom is -0.394 e. The highest BCUT2D eigenvalue weighted by Gasteiger charge is 2.49. The first kappa shape index (κ1) is 15.2. The van der Waals surface area contributed by atoms with E-state index in [0.717, 1.165) is 0 Å². The van der Waals surface area contributed by atoms with Gasteiger partial charge in [-0.2, -0.15) is 0 Å². The zero-order valence-electron chi connectivity index (χ0n) is 9.81. The Morgan fingerprint density at radius 3 is 2.72 bits per heavy atom. The molecule has 5 atom stereocenters. The van der Waals surface area contributed by atoms with Crippen LogP contribution >= 0.6 is 0 Å². The van der Waals surface area contributed by atoms with Gasteiger partial charge in [0.1, 0.15) is 18.3 Å². The number of rotatable bonds is 6. The van der Waals surface area contributed by atoms with Gasteiger partial charge in [0, 0.05) is 6.42 Å². The second kappa shape index (κ2) is 6.37. The fraction of sp³-hybridized carbons (Fsp3) is 0.727. The SMILES string of the molecule is C=CCO[C@]1(C=O)C[C@@H](O)[C@@H](O)[C@@H]([C@H](O)CO)O1. The maximum Gasteiger partial charge on any atom is 0.229 e. The van der Waals surface area contributed by atoms with Crippen LogP contribution in [-0.2, 0) is 14.3 Å². The summed E-state index contributed by atoms with van der Waals surface area (Å²) in [6.45, 7) is 2.74. The molecular formula is C11H18O7. The molecular weight excluding hydrogens is 244 g/mol. The first-order valence-corrected chi connectivity index (χ1v) is 5.53. The van der Waals surface area contributed by atoms with Crippen LogP contribution in [0, 0.1) is 0 Å². The third-order valence-electron chi connectivity index (χ3n) is 2.75. The molecule has 7 nitrogen and oxygen atoms in total. The van der Waals surface area contributed by atoms with E-state index in [-0.39, 0.29) is 13.0 Å². The van der Waals surface area contributed by atoms with Crippen molar-refractivity contribution in [1.82, 2.24) is 0 Å². The van der Waals surface area contributed by atoms with Gasteiger partial charge in [-0.25, -0.2) is 0 Å². The molecule has 0 aromatic rings. The number of aliphatic hydroxyl groups is 4. The lowest BCUT2D eigenvalue weighted by Crippen LogP contribution is -2.60. The summed E-state index contributed by atoms with van der Waals surface area (Å²) in [5.41, 5.74) is 0.